The molecule has 1 atom stereocenters. The minimum atomic E-state index is -0.142. The van der Waals surface area contributed by atoms with Crippen LogP contribution in [0.1, 0.15) is 41.0 Å². The third-order valence-electron chi connectivity index (χ3n) is 2.72. The van der Waals surface area contributed by atoms with Crippen molar-refractivity contribution in [2.75, 3.05) is 18.6 Å². The molecule has 0 aliphatic carbocycles. The molecule has 0 aliphatic rings. The molecule has 0 spiro atoms. The second-order valence-electron chi connectivity index (χ2n) is 4.67. The summed E-state index contributed by atoms with van der Waals surface area (Å²) in [7, 11) is 0. The molecule has 1 unspecified atom stereocenters. The van der Waals surface area contributed by atoms with Crippen LogP contribution < -0.4 is 10.6 Å². The van der Waals surface area contributed by atoms with Gasteiger partial charge < -0.3 is 10.6 Å². The average molecular weight is 294 g/mol. The number of rotatable bonds is 7. The molecule has 5 heteroatoms. The van der Waals surface area contributed by atoms with Crippen LogP contribution in [0.3, 0.4) is 0 Å². The summed E-state index contributed by atoms with van der Waals surface area (Å²) in [5, 5.41) is 5.72. The van der Waals surface area contributed by atoms with Crippen LogP contribution in [0.15, 0.2) is 24.3 Å². The summed E-state index contributed by atoms with van der Waals surface area (Å²) >= 11 is 1.69. The van der Waals surface area contributed by atoms with Crippen LogP contribution in [-0.4, -0.2) is 36.4 Å². The van der Waals surface area contributed by atoms with Crippen molar-refractivity contribution in [2.24, 2.45) is 0 Å². The van der Waals surface area contributed by atoms with Crippen LogP contribution in [-0.2, 0) is 0 Å². The van der Waals surface area contributed by atoms with Crippen LogP contribution in [0.2, 0.25) is 0 Å². The average Bonchev–Trinajstić information content (AvgIpc) is 2.45. The van der Waals surface area contributed by atoms with Gasteiger partial charge in [-0.3, -0.25) is 9.59 Å². The summed E-state index contributed by atoms with van der Waals surface area (Å²) in [5.74, 6) is 0.581. The quantitative estimate of drug-likeness (QED) is 0.811. The zero-order valence-corrected chi connectivity index (χ0v) is 13.0. The lowest BCUT2D eigenvalue weighted by atomic mass is 10.1. The summed E-state index contributed by atoms with van der Waals surface area (Å²) < 4.78 is 0. The number of thioether (sulfide) groups is 1. The molecule has 0 heterocycles. The van der Waals surface area contributed by atoms with Gasteiger partial charge in [0.15, 0.2) is 0 Å². The highest BCUT2D eigenvalue weighted by Gasteiger charge is 2.12. The molecular formula is C15H22N2O2S. The molecule has 20 heavy (non-hydrogen) atoms. The minimum absolute atomic E-state index is 0.107. The number of carbonyl (C=O) groups excluding carboxylic acids is 2. The Balaban J connectivity index is 2.72. The molecule has 0 aromatic heterocycles. The molecule has 0 aliphatic heterocycles. The lowest BCUT2D eigenvalue weighted by Crippen LogP contribution is -2.34. The maximum atomic E-state index is 12.1. The van der Waals surface area contributed by atoms with Crippen molar-refractivity contribution in [3.8, 4) is 0 Å². The summed E-state index contributed by atoms with van der Waals surface area (Å²) in [5.41, 5.74) is 1.03. The maximum Gasteiger partial charge on any atom is 0.251 e. The Kier molecular flexibility index (Phi) is 7.15. The first-order chi connectivity index (χ1) is 9.58. The fourth-order valence-electron chi connectivity index (χ4n) is 1.74. The highest BCUT2D eigenvalue weighted by molar-refractivity contribution is 7.98. The number of carbonyl (C=O) groups is 2. The van der Waals surface area contributed by atoms with E-state index in [0.29, 0.717) is 17.7 Å². The summed E-state index contributed by atoms with van der Waals surface area (Å²) in [6, 6.07) is 6.90. The van der Waals surface area contributed by atoms with Crippen molar-refractivity contribution >= 4 is 23.6 Å². The van der Waals surface area contributed by atoms with E-state index in [1.165, 1.54) is 0 Å². The SMILES string of the molecule is CCCNC(=O)c1cccc(C(=O)NC(C)CSC)c1. The van der Waals surface area contributed by atoms with Gasteiger partial charge in [-0.1, -0.05) is 13.0 Å². The van der Waals surface area contributed by atoms with Gasteiger partial charge in [0.25, 0.3) is 11.8 Å². The van der Waals surface area contributed by atoms with Crippen molar-refractivity contribution in [3.63, 3.8) is 0 Å². The molecule has 110 valence electrons. The van der Waals surface area contributed by atoms with Crippen LogP contribution in [0.4, 0.5) is 0 Å². The molecule has 1 aromatic rings. The molecule has 0 radical (unpaired) electrons. The van der Waals surface area contributed by atoms with Crippen molar-refractivity contribution in [1.82, 2.24) is 10.6 Å². The maximum absolute atomic E-state index is 12.1. The standard InChI is InChI=1S/C15H22N2O2S/c1-4-8-16-14(18)12-6-5-7-13(9-12)15(19)17-11(2)10-20-3/h5-7,9,11H,4,8,10H2,1-3H3,(H,16,18)(H,17,19). The number of amides is 2. The van der Waals surface area contributed by atoms with Gasteiger partial charge >= 0.3 is 0 Å². The van der Waals surface area contributed by atoms with E-state index in [1.54, 1.807) is 36.0 Å². The van der Waals surface area contributed by atoms with Crippen molar-refractivity contribution in [2.45, 2.75) is 26.3 Å². The zero-order valence-electron chi connectivity index (χ0n) is 12.2. The van der Waals surface area contributed by atoms with E-state index in [2.05, 4.69) is 10.6 Å². The normalized spacial score (nSPS) is 11.8. The second-order valence-corrected chi connectivity index (χ2v) is 5.58. The van der Waals surface area contributed by atoms with Gasteiger partial charge in [-0.2, -0.15) is 11.8 Å². The predicted molar refractivity (Wildman–Crippen MR) is 84.4 cm³/mol. The number of hydrogen-bond acceptors (Lipinski definition) is 3. The molecule has 1 aromatic carbocycles. The summed E-state index contributed by atoms with van der Waals surface area (Å²) in [6.45, 7) is 4.60. The van der Waals surface area contributed by atoms with E-state index in [1.807, 2.05) is 20.1 Å². The van der Waals surface area contributed by atoms with Crippen LogP contribution >= 0.6 is 11.8 Å². The minimum Gasteiger partial charge on any atom is -0.352 e. The van der Waals surface area contributed by atoms with E-state index in [4.69, 9.17) is 0 Å². The first-order valence-corrected chi connectivity index (χ1v) is 8.16. The summed E-state index contributed by atoms with van der Waals surface area (Å²) in [6.07, 6.45) is 2.89. The number of benzene rings is 1. The van der Waals surface area contributed by atoms with Gasteiger partial charge in [-0.05, 0) is 37.8 Å². The molecule has 2 amide bonds. The van der Waals surface area contributed by atoms with E-state index in [-0.39, 0.29) is 17.9 Å². The zero-order chi connectivity index (χ0) is 15.0. The van der Waals surface area contributed by atoms with Gasteiger partial charge in [-0.15, -0.1) is 0 Å². The Labute approximate surface area is 124 Å². The number of hydrogen-bond donors (Lipinski definition) is 2. The molecular weight excluding hydrogens is 272 g/mol. The monoisotopic (exact) mass is 294 g/mol. The Hall–Kier alpha value is -1.49. The summed E-state index contributed by atoms with van der Waals surface area (Å²) in [4.78, 5) is 23.9. The molecule has 0 bridgehead atoms. The Bertz CT molecular complexity index is 463. The van der Waals surface area contributed by atoms with Crippen LogP contribution in [0.25, 0.3) is 0 Å². The largest absolute Gasteiger partial charge is 0.352 e. The lowest BCUT2D eigenvalue weighted by Gasteiger charge is -2.13. The topological polar surface area (TPSA) is 58.2 Å². The van der Waals surface area contributed by atoms with Crippen molar-refractivity contribution in [3.05, 3.63) is 35.4 Å². The van der Waals surface area contributed by atoms with Crippen molar-refractivity contribution < 1.29 is 9.59 Å². The van der Waals surface area contributed by atoms with Gasteiger partial charge in [0.05, 0.1) is 0 Å². The second kappa shape index (κ2) is 8.64. The lowest BCUT2D eigenvalue weighted by molar-refractivity contribution is 0.0943. The predicted octanol–water partition coefficient (Wildman–Crippen LogP) is 2.31. The van der Waals surface area contributed by atoms with E-state index < -0.39 is 0 Å². The third kappa shape index (κ3) is 5.25. The highest BCUT2D eigenvalue weighted by atomic mass is 32.2. The van der Waals surface area contributed by atoms with Crippen LogP contribution in [0, 0.1) is 0 Å². The Morgan fingerprint density at radius 2 is 1.90 bits per heavy atom. The van der Waals surface area contributed by atoms with Gasteiger partial charge in [0.1, 0.15) is 0 Å². The molecule has 1 rings (SSSR count). The molecule has 0 saturated heterocycles. The van der Waals surface area contributed by atoms with E-state index in [0.717, 1.165) is 12.2 Å². The number of nitrogens with one attached hydrogen (secondary N) is 2. The smallest absolute Gasteiger partial charge is 0.251 e. The van der Waals surface area contributed by atoms with Gasteiger partial charge in [0, 0.05) is 29.5 Å². The van der Waals surface area contributed by atoms with Crippen molar-refractivity contribution in [1.29, 1.82) is 0 Å². The van der Waals surface area contributed by atoms with Gasteiger partial charge in [0.2, 0.25) is 0 Å². The van der Waals surface area contributed by atoms with Gasteiger partial charge in [-0.25, -0.2) is 0 Å². The molecule has 0 fully saturated rings. The highest BCUT2D eigenvalue weighted by Crippen LogP contribution is 2.06. The Morgan fingerprint density at radius 1 is 1.25 bits per heavy atom. The molecule has 4 nitrogen and oxygen atoms in total. The van der Waals surface area contributed by atoms with E-state index >= 15 is 0 Å². The Morgan fingerprint density at radius 3 is 2.50 bits per heavy atom. The third-order valence-corrected chi connectivity index (χ3v) is 3.55. The van der Waals surface area contributed by atoms with E-state index in [9.17, 15) is 9.59 Å². The first kappa shape index (κ1) is 16.6. The molecule has 0 saturated carbocycles. The fourth-order valence-corrected chi connectivity index (χ4v) is 2.32. The van der Waals surface area contributed by atoms with Crippen LogP contribution in [0.5, 0.6) is 0 Å². The first-order valence-electron chi connectivity index (χ1n) is 6.76. The molecule has 2 N–H and O–H groups in total. The fraction of sp³-hybridized carbons (Fsp3) is 0.467.